The largest absolute Gasteiger partial charge is 0.433 e. The Bertz CT molecular complexity index is 608. The first-order valence-electron chi connectivity index (χ1n) is 5.89. The molecule has 2 rings (SSSR count). The molecule has 0 saturated heterocycles. The molecule has 4 N–H and O–H groups in total. The number of halogens is 3. The molecule has 1 aromatic heterocycles. The summed E-state index contributed by atoms with van der Waals surface area (Å²) in [5, 5.41) is 2.74. The molecule has 0 bridgehead atoms. The molecule has 0 saturated carbocycles. The quantitative estimate of drug-likeness (QED) is 0.344. The highest BCUT2D eigenvalue weighted by Crippen LogP contribution is 2.27. The molecular formula is C13H12F3N5. The van der Waals surface area contributed by atoms with E-state index in [1.165, 1.54) is 6.07 Å². The molecule has 8 heteroatoms. The van der Waals surface area contributed by atoms with Crippen LogP contribution in [-0.2, 0) is 6.18 Å². The molecule has 0 aliphatic rings. The average molecular weight is 295 g/mol. The smallest absolute Gasteiger partial charge is 0.324 e. The summed E-state index contributed by atoms with van der Waals surface area (Å²) in [5.74, 6) is 5.51. The number of aliphatic imine (C=N–C) groups is 1. The van der Waals surface area contributed by atoms with E-state index >= 15 is 0 Å². The fraction of sp³-hybridized carbons (Fsp3) is 0.0769. The minimum atomic E-state index is -4.47. The first-order chi connectivity index (χ1) is 9.99. The fourth-order valence-electron chi connectivity index (χ4n) is 1.50. The molecular weight excluding hydrogens is 283 g/mol. The SMILES string of the molecule is NNC(=Nc1ccccc1)Nc1ccc(C(F)(F)F)nc1. The van der Waals surface area contributed by atoms with Crippen LogP contribution in [0.25, 0.3) is 0 Å². The molecule has 0 aliphatic heterocycles. The summed E-state index contributed by atoms with van der Waals surface area (Å²) >= 11 is 0. The van der Waals surface area contributed by atoms with E-state index in [1.54, 1.807) is 24.3 Å². The summed E-state index contributed by atoms with van der Waals surface area (Å²) in [6.45, 7) is 0. The van der Waals surface area contributed by atoms with E-state index in [2.05, 4.69) is 20.7 Å². The van der Waals surface area contributed by atoms with Crippen LogP contribution in [-0.4, -0.2) is 10.9 Å². The maximum Gasteiger partial charge on any atom is 0.433 e. The Morgan fingerprint density at radius 3 is 2.33 bits per heavy atom. The fourth-order valence-corrected chi connectivity index (χ4v) is 1.50. The summed E-state index contributed by atoms with van der Waals surface area (Å²) in [6.07, 6.45) is -3.41. The highest BCUT2D eigenvalue weighted by atomic mass is 19.4. The number of rotatable bonds is 2. The van der Waals surface area contributed by atoms with Crippen LogP contribution in [0.5, 0.6) is 0 Å². The zero-order chi connectivity index (χ0) is 15.3. The number of alkyl halides is 3. The summed E-state index contributed by atoms with van der Waals surface area (Å²) < 4.78 is 37.2. The summed E-state index contributed by atoms with van der Waals surface area (Å²) in [6, 6.07) is 11.1. The van der Waals surface area contributed by atoms with Gasteiger partial charge in [-0.2, -0.15) is 13.2 Å². The number of hydrogen-bond donors (Lipinski definition) is 3. The Labute approximate surface area is 118 Å². The molecule has 1 aromatic carbocycles. The number of hydrazine groups is 1. The Kier molecular flexibility index (Phi) is 4.39. The second-order valence-corrected chi connectivity index (χ2v) is 4.00. The average Bonchev–Trinajstić information content (AvgIpc) is 2.47. The Balaban J connectivity index is 2.14. The Hall–Kier alpha value is -2.61. The van der Waals surface area contributed by atoms with Gasteiger partial charge in [-0.25, -0.2) is 15.8 Å². The van der Waals surface area contributed by atoms with Crippen LogP contribution in [0.4, 0.5) is 24.5 Å². The lowest BCUT2D eigenvalue weighted by molar-refractivity contribution is -0.141. The number of nitrogens with zero attached hydrogens (tertiary/aromatic N) is 2. The Morgan fingerprint density at radius 2 is 1.81 bits per heavy atom. The predicted molar refractivity (Wildman–Crippen MR) is 73.7 cm³/mol. The van der Waals surface area contributed by atoms with Gasteiger partial charge in [-0.1, -0.05) is 18.2 Å². The van der Waals surface area contributed by atoms with Gasteiger partial charge in [0.25, 0.3) is 0 Å². The number of aromatic nitrogens is 1. The summed E-state index contributed by atoms with van der Waals surface area (Å²) in [5.41, 5.74) is 2.34. The van der Waals surface area contributed by atoms with E-state index in [4.69, 9.17) is 5.84 Å². The van der Waals surface area contributed by atoms with Gasteiger partial charge in [0, 0.05) is 0 Å². The topological polar surface area (TPSA) is 75.3 Å². The lowest BCUT2D eigenvalue weighted by Gasteiger charge is -2.10. The van der Waals surface area contributed by atoms with Gasteiger partial charge >= 0.3 is 6.18 Å². The van der Waals surface area contributed by atoms with Crippen molar-refractivity contribution in [2.24, 2.45) is 10.8 Å². The van der Waals surface area contributed by atoms with Crippen LogP contribution in [0, 0.1) is 0 Å². The monoisotopic (exact) mass is 295 g/mol. The van der Waals surface area contributed by atoms with E-state index in [1.807, 2.05) is 6.07 Å². The molecule has 21 heavy (non-hydrogen) atoms. The summed E-state index contributed by atoms with van der Waals surface area (Å²) in [4.78, 5) is 7.50. The van der Waals surface area contributed by atoms with Crippen LogP contribution in [0.3, 0.4) is 0 Å². The molecule has 2 aromatic rings. The number of para-hydroxylation sites is 1. The van der Waals surface area contributed by atoms with Gasteiger partial charge in [-0.05, 0) is 24.3 Å². The van der Waals surface area contributed by atoms with Gasteiger partial charge in [0.1, 0.15) is 5.69 Å². The minimum Gasteiger partial charge on any atom is -0.324 e. The van der Waals surface area contributed by atoms with E-state index < -0.39 is 11.9 Å². The third-order valence-corrected chi connectivity index (χ3v) is 2.45. The number of hydrogen-bond acceptors (Lipinski definition) is 3. The zero-order valence-electron chi connectivity index (χ0n) is 10.7. The Morgan fingerprint density at radius 1 is 1.10 bits per heavy atom. The van der Waals surface area contributed by atoms with Gasteiger partial charge in [-0.3, -0.25) is 5.43 Å². The third-order valence-electron chi connectivity index (χ3n) is 2.45. The number of benzene rings is 1. The molecule has 1 heterocycles. The van der Waals surface area contributed by atoms with Crippen molar-refractivity contribution in [1.29, 1.82) is 0 Å². The first kappa shape index (κ1) is 14.8. The number of anilines is 1. The van der Waals surface area contributed by atoms with Crippen molar-refractivity contribution in [3.8, 4) is 0 Å². The van der Waals surface area contributed by atoms with E-state index in [0.29, 0.717) is 11.4 Å². The molecule has 0 unspecified atom stereocenters. The lowest BCUT2D eigenvalue weighted by Crippen LogP contribution is -2.36. The van der Waals surface area contributed by atoms with E-state index in [0.717, 1.165) is 12.3 Å². The molecule has 0 amide bonds. The lowest BCUT2D eigenvalue weighted by atomic mass is 10.3. The van der Waals surface area contributed by atoms with Gasteiger partial charge in [-0.15, -0.1) is 0 Å². The third kappa shape index (κ3) is 4.18. The van der Waals surface area contributed by atoms with Gasteiger partial charge in [0.15, 0.2) is 0 Å². The van der Waals surface area contributed by atoms with Gasteiger partial charge in [0.2, 0.25) is 5.96 Å². The molecule has 0 fully saturated rings. The number of guanidine groups is 1. The van der Waals surface area contributed by atoms with Gasteiger partial charge in [0.05, 0.1) is 17.6 Å². The van der Waals surface area contributed by atoms with Crippen LogP contribution in [0.2, 0.25) is 0 Å². The van der Waals surface area contributed by atoms with Crippen molar-refractivity contribution in [3.63, 3.8) is 0 Å². The maximum absolute atomic E-state index is 12.4. The molecule has 0 radical (unpaired) electrons. The highest BCUT2D eigenvalue weighted by molar-refractivity contribution is 5.94. The van der Waals surface area contributed by atoms with Crippen molar-refractivity contribution in [2.45, 2.75) is 6.18 Å². The van der Waals surface area contributed by atoms with Crippen molar-refractivity contribution in [2.75, 3.05) is 5.32 Å². The second-order valence-electron chi connectivity index (χ2n) is 4.00. The van der Waals surface area contributed by atoms with Crippen LogP contribution in [0.1, 0.15) is 5.69 Å². The van der Waals surface area contributed by atoms with Crippen molar-refractivity contribution in [3.05, 3.63) is 54.4 Å². The normalized spacial score (nSPS) is 12.1. The van der Waals surface area contributed by atoms with Crippen LogP contribution in [0.15, 0.2) is 53.7 Å². The first-order valence-corrected chi connectivity index (χ1v) is 5.89. The van der Waals surface area contributed by atoms with E-state index in [-0.39, 0.29) is 5.96 Å². The van der Waals surface area contributed by atoms with E-state index in [9.17, 15) is 13.2 Å². The number of pyridine rings is 1. The zero-order valence-corrected chi connectivity index (χ0v) is 10.7. The molecule has 110 valence electrons. The van der Waals surface area contributed by atoms with Gasteiger partial charge < -0.3 is 5.32 Å². The molecule has 0 spiro atoms. The van der Waals surface area contributed by atoms with Crippen LogP contribution >= 0.6 is 0 Å². The second kappa shape index (κ2) is 6.23. The summed E-state index contributed by atoms with van der Waals surface area (Å²) in [7, 11) is 0. The minimum absolute atomic E-state index is 0.183. The molecule has 5 nitrogen and oxygen atoms in total. The standard InChI is InChI=1S/C13H12F3N5/c14-13(15,16)11-7-6-10(8-18-11)20-12(21-17)19-9-4-2-1-3-5-9/h1-8H,17H2,(H2,19,20,21). The molecule has 0 atom stereocenters. The number of nitrogens with two attached hydrogens (primary N) is 1. The predicted octanol–water partition coefficient (Wildman–Crippen LogP) is 2.66. The van der Waals surface area contributed by atoms with Crippen molar-refractivity contribution in [1.82, 2.24) is 10.4 Å². The van der Waals surface area contributed by atoms with Crippen molar-refractivity contribution < 1.29 is 13.2 Å². The molecule has 0 aliphatic carbocycles. The van der Waals surface area contributed by atoms with Crippen molar-refractivity contribution >= 4 is 17.3 Å². The maximum atomic E-state index is 12.4. The number of nitrogens with one attached hydrogen (secondary N) is 2. The highest BCUT2D eigenvalue weighted by Gasteiger charge is 2.32. The van der Waals surface area contributed by atoms with Crippen LogP contribution < -0.4 is 16.6 Å².